The Hall–Kier alpha value is -3.18. The van der Waals surface area contributed by atoms with Crippen molar-refractivity contribution in [3.8, 4) is 11.4 Å². The first-order valence-corrected chi connectivity index (χ1v) is 12.9. The summed E-state index contributed by atoms with van der Waals surface area (Å²) in [7, 11) is 4.39. The van der Waals surface area contributed by atoms with E-state index in [1.165, 1.54) is 61.0 Å². The smallest absolute Gasteiger partial charge is 0.339 e. The molecule has 1 unspecified atom stereocenters. The summed E-state index contributed by atoms with van der Waals surface area (Å²) >= 11 is 3.01. The molecule has 184 valence electrons. The van der Waals surface area contributed by atoms with E-state index >= 15 is 0 Å². The molecule has 1 aliphatic carbocycles. The summed E-state index contributed by atoms with van der Waals surface area (Å²) in [4.78, 5) is 38.1. The third kappa shape index (κ3) is 5.25. The maximum Gasteiger partial charge on any atom is 0.339 e. The van der Waals surface area contributed by atoms with Crippen LogP contribution in [-0.2, 0) is 34.2 Å². The van der Waals surface area contributed by atoms with Crippen molar-refractivity contribution in [2.75, 3.05) is 25.3 Å². The summed E-state index contributed by atoms with van der Waals surface area (Å²) in [5.74, 6) is -0.0499. The number of fused-ring (bicyclic) bond motifs is 1. The maximum absolute atomic E-state index is 12.7. The van der Waals surface area contributed by atoms with Gasteiger partial charge in [0.15, 0.2) is 11.0 Å². The van der Waals surface area contributed by atoms with E-state index in [-0.39, 0.29) is 28.5 Å². The molecule has 0 aliphatic heterocycles. The van der Waals surface area contributed by atoms with E-state index in [2.05, 4.69) is 27.8 Å². The molecule has 4 rings (SSSR count). The minimum atomic E-state index is -0.629. The van der Waals surface area contributed by atoms with Crippen molar-refractivity contribution in [2.45, 2.75) is 31.3 Å². The average molecular weight is 515 g/mol. The molecule has 0 radical (unpaired) electrons. The van der Waals surface area contributed by atoms with Crippen LogP contribution in [0.15, 0.2) is 28.7 Å². The summed E-state index contributed by atoms with van der Waals surface area (Å²) < 4.78 is 11.4. The van der Waals surface area contributed by atoms with Crippen LogP contribution < -0.4 is 5.32 Å². The molecule has 1 aromatic carbocycles. The predicted molar refractivity (Wildman–Crippen MR) is 134 cm³/mol. The van der Waals surface area contributed by atoms with Crippen LogP contribution >= 0.6 is 23.1 Å². The lowest BCUT2D eigenvalue weighted by Gasteiger charge is -2.18. The van der Waals surface area contributed by atoms with Gasteiger partial charge >= 0.3 is 11.9 Å². The Kier molecular flexibility index (Phi) is 7.56. The van der Waals surface area contributed by atoms with E-state index in [1.54, 1.807) is 11.3 Å². The first-order chi connectivity index (χ1) is 16.8. The molecule has 11 heteroatoms. The summed E-state index contributed by atoms with van der Waals surface area (Å²) in [6, 6.07) is 4.24. The number of nitrogens with zero attached hydrogens (tertiary/aromatic N) is 3. The van der Waals surface area contributed by atoms with E-state index in [4.69, 9.17) is 9.47 Å². The Bertz CT molecular complexity index is 1280. The summed E-state index contributed by atoms with van der Waals surface area (Å²) in [6.45, 7) is 2.28. The second-order valence-electron chi connectivity index (χ2n) is 8.34. The van der Waals surface area contributed by atoms with E-state index in [0.29, 0.717) is 11.1 Å². The largest absolute Gasteiger partial charge is 0.465 e. The quantitative estimate of drug-likeness (QED) is 0.372. The molecule has 1 atom stereocenters. The number of nitrogens with one attached hydrogen (secondary N) is 1. The zero-order valence-corrected chi connectivity index (χ0v) is 21.5. The highest BCUT2D eigenvalue weighted by molar-refractivity contribution is 7.99. The fraction of sp³-hybridized carbons (Fsp3) is 0.375. The Morgan fingerprint density at radius 3 is 2.71 bits per heavy atom. The van der Waals surface area contributed by atoms with Crippen LogP contribution in [0.2, 0.25) is 0 Å². The van der Waals surface area contributed by atoms with Crippen LogP contribution in [0.5, 0.6) is 0 Å². The van der Waals surface area contributed by atoms with Crippen LogP contribution in [0.4, 0.5) is 5.69 Å². The standard InChI is InChI=1S/C24H26N4O5S2/c1-13-5-7-15-17(11-34-19(15)9-13)21-26-27-24(28(21)2)35-12-20(29)25-18-10-14(22(30)32-3)6-8-16(18)23(31)33-4/h6,8,10-11,13H,5,7,9,12H2,1-4H3,(H,25,29). The lowest BCUT2D eigenvalue weighted by molar-refractivity contribution is -0.113. The van der Waals surface area contributed by atoms with Crippen molar-refractivity contribution >= 4 is 46.6 Å². The molecule has 0 fully saturated rings. The van der Waals surface area contributed by atoms with Crippen LogP contribution in [0, 0.1) is 5.92 Å². The van der Waals surface area contributed by atoms with Crippen molar-refractivity contribution in [1.82, 2.24) is 14.8 Å². The lowest BCUT2D eigenvalue weighted by Crippen LogP contribution is -2.18. The third-order valence-electron chi connectivity index (χ3n) is 5.93. The highest BCUT2D eigenvalue weighted by Gasteiger charge is 2.24. The number of rotatable bonds is 7. The van der Waals surface area contributed by atoms with Gasteiger partial charge in [0.25, 0.3) is 0 Å². The number of methoxy groups -OCH3 is 2. The first kappa shape index (κ1) is 24.9. The fourth-order valence-corrected chi connectivity index (χ4v) is 5.99. The molecule has 0 spiro atoms. The SMILES string of the molecule is COC(=O)c1ccc(C(=O)OC)c(NC(=O)CSc2nnc(-c3csc4c3CCC(C)C4)n2C)c1. The molecule has 1 amide bonds. The number of benzene rings is 1. The molecule has 1 N–H and O–H groups in total. The van der Waals surface area contributed by atoms with E-state index < -0.39 is 11.9 Å². The van der Waals surface area contributed by atoms with Crippen molar-refractivity contribution in [3.63, 3.8) is 0 Å². The lowest BCUT2D eigenvalue weighted by atomic mass is 9.88. The van der Waals surface area contributed by atoms with Crippen LogP contribution in [0.25, 0.3) is 11.4 Å². The highest BCUT2D eigenvalue weighted by Crippen LogP contribution is 2.38. The van der Waals surface area contributed by atoms with Crippen molar-refractivity contribution in [1.29, 1.82) is 0 Å². The summed E-state index contributed by atoms with van der Waals surface area (Å²) in [5, 5.41) is 14.1. The number of aromatic nitrogens is 3. The topological polar surface area (TPSA) is 112 Å². The van der Waals surface area contributed by atoms with Gasteiger partial charge in [-0.2, -0.15) is 0 Å². The number of ether oxygens (including phenoxy) is 2. The zero-order valence-electron chi connectivity index (χ0n) is 19.9. The number of thiophene rings is 1. The minimum absolute atomic E-state index is 0.0360. The number of esters is 2. The number of amides is 1. The molecule has 0 bridgehead atoms. The molecule has 0 saturated carbocycles. The first-order valence-electron chi connectivity index (χ1n) is 11.0. The molecule has 35 heavy (non-hydrogen) atoms. The molecule has 0 saturated heterocycles. The minimum Gasteiger partial charge on any atom is -0.465 e. The Morgan fingerprint density at radius 1 is 1.20 bits per heavy atom. The van der Waals surface area contributed by atoms with Gasteiger partial charge in [-0.05, 0) is 48.9 Å². The highest BCUT2D eigenvalue weighted by atomic mass is 32.2. The molecule has 9 nitrogen and oxygen atoms in total. The molecule has 3 aromatic rings. The van der Waals surface area contributed by atoms with Gasteiger partial charge in [-0.3, -0.25) is 4.79 Å². The number of thioether (sulfide) groups is 1. The van der Waals surface area contributed by atoms with E-state index in [0.717, 1.165) is 24.2 Å². The summed E-state index contributed by atoms with van der Waals surface area (Å²) in [6.07, 6.45) is 3.31. The van der Waals surface area contributed by atoms with Gasteiger partial charge in [0, 0.05) is 22.9 Å². The average Bonchev–Trinajstić information content (AvgIpc) is 3.43. The van der Waals surface area contributed by atoms with Gasteiger partial charge in [0.1, 0.15) is 0 Å². The molecule has 1 aliphatic rings. The van der Waals surface area contributed by atoms with Crippen LogP contribution in [0.3, 0.4) is 0 Å². The van der Waals surface area contributed by atoms with Gasteiger partial charge in [-0.25, -0.2) is 9.59 Å². The monoisotopic (exact) mass is 514 g/mol. The third-order valence-corrected chi connectivity index (χ3v) is 8.00. The van der Waals surface area contributed by atoms with Gasteiger partial charge < -0.3 is 19.4 Å². The van der Waals surface area contributed by atoms with Crippen molar-refractivity contribution in [3.05, 3.63) is 45.1 Å². The number of carbonyl (C=O) groups excluding carboxylic acids is 3. The van der Waals surface area contributed by atoms with Crippen LogP contribution in [0.1, 0.15) is 44.5 Å². The Morgan fingerprint density at radius 2 is 1.97 bits per heavy atom. The van der Waals surface area contributed by atoms with Crippen LogP contribution in [-0.4, -0.2) is 52.6 Å². The van der Waals surface area contributed by atoms with E-state index in [9.17, 15) is 14.4 Å². The van der Waals surface area contributed by atoms with Gasteiger partial charge in [-0.1, -0.05) is 18.7 Å². The predicted octanol–water partition coefficient (Wildman–Crippen LogP) is 3.97. The zero-order chi connectivity index (χ0) is 25.1. The normalized spacial score (nSPS) is 14.8. The van der Waals surface area contributed by atoms with Gasteiger partial charge in [0.2, 0.25) is 5.91 Å². The molecule has 2 aromatic heterocycles. The fourth-order valence-electron chi connectivity index (χ4n) is 4.04. The van der Waals surface area contributed by atoms with Gasteiger partial charge in [-0.15, -0.1) is 21.5 Å². The Balaban J connectivity index is 1.47. The van der Waals surface area contributed by atoms with Crippen molar-refractivity contribution in [2.24, 2.45) is 13.0 Å². The second kappa shape index (κ2) is 10.6. The molecule has 2 heterocycles. The Labute approximate surface area is 211 Å². The van der Waals surface area contributed by atoms with Crippen molar-refractivity contribution < 1.29 is 23.9 Å². The number of anilines is 1. The van der Waals surface area contributed by atoms with E-state index in [1.807, 2.05) is 11.6 Å². The number of hydrogen-bond donors (Lipinski definition) is 1. The number of hydrogen-bond acceptors (Lipinski definition) is 9. The van der Waals surface area contributed by atoms with Gasteiger partial charge in [0.05, 0.1) is 36.8 Å². The number of carbonyl (C=O) groups is 3. The second-order valence-corrected chi connectivity index (χ2v) is 10.3. The molecular formula is C24H26N4O5S2. The summed E-state index contributed by atoms with van der Waals surface area (Å²) in [5.41, 5.74) is 2.98. The molecular weight excluding hydrogens is 488 g/mol. The maximum atomic E-state index is 12.7.